The van der Waals surface area contributed by atoms with Crippen LogP contribution in [0.3, 0.4) is 0 Å². The number of para-hydroxylation sites is 2. The number of ether oxygens (including phenoxy) is 4. The van der Waals surface area contributed by atoms with Gasteiger partial charge >= 0.3 is 31.0 Å². The van der Waals surface area contributed by atoms with Gasteiger partial charge in [0.05, 0.1) is 69.9 Å². The molecule has 0 atom stereocenters. The van der Waals surface area contributed by atoms with E-state index in [-0.39, 0.29) is 77.0 Å². The minimum absolute atomic E-state index is 0.129. The van der Waals surface area contributed by atoms with E-state index in [1.165, 1.54) is 18.2 Å². The van der Waals surface area contributed by atoms with Crippen LogP contribution in [0.4, 0.5) is 0 Å². The van der Waals surface area contributed by atoms with Crippen molar-refractivity contribution in [3.05, 3.63) is 146 Å². The maximum absolute atomic E-state index is 12.7. The van der Waals surface area contributed by atoms with Gasteiger partial charge in [-0.3, -0.25) is 0 Å². The number of hydrogen-bond acceptors (Lipinski definition) is 12. The van der Waals surface area contributed by atoms with Crippen molar-refractivity contribution >= 4 is 119 Å². The summed E-state index contributed by atoms with van der Waals surface area (Å²) in [6, 6.07) is 33.3. The molecular formula is C54H50BBrCl2O12. The second-order valence-corrected chi connectivity index (χ2v) is 18.4. The van der Waals surface area contributed by atoms with Gasteiger partial charge in [0.25, 0.3) is 0 Å². The van der Waals surface area contributed by atoms with Crippen LogP contribution in [0.1, 0.15) is 96.8 Å². The van der Waals surface area contributed by atoms with Crippen LogP contribution >= 0.6 is 39.1 Å². The molecule has 0 unspecified atom stereocenters. The normalized spacial score (nSPS) is 13.6. The van der Waals surface area contributed by atoms with Gasteiger partial charge in [-0.25, -0.2) is 19.2 Å². The number of carbonyl (C=O) groups is 4. The van der Waals surface area contributed by atoms with E-state index < -0.39 is 23.9 Å². The lowest BCUT2D eigenvalue weighted by atomic mass is 9.76. The molecule has 0 aliphatic carbocycles. The highest BCUT2D eigenvalue weighted by molar-refractivity contribution is 9.10. The first-order valence-electron chi connectivity index (χ1n) is 22.6. The minimum atomic E-state index is -0.552. The van der Waals surface area contributed by atoms with E-state index in [1.807, 2.05) is 72.8 Å². The van der Waals surface area contributed by atoms with Crippen LogP contribution in [-0.2, 0) is 28.3 Å². The first kappa shape index (κ1) is 51.7. The molecule has 1 aliphatic heterocycles. The third kappa shape index (κ3) is 10.6. The third-order valence-corrected chi connectivity index (χ3v) is 13.1. The summed E-state index contributed by atoms with van der Waals surface area (Å²) >= 11 is 15.5. The molecule has 362 valence electrons. The molecule has 0 saturated carbocycles. The Hall–Kier alpha value is -6.16. The zero-order chi connectivity index (χ0) is 50.5. The number of esters is 4. The lowest BCUT2D eigenvalue weighted by Gasteiger charge is -2.32. The molecule has 0 radical (unpaired) electrons. The van der Waals surface area contributed by atoms with Crippen LogP contribution < -0.4 is 5.46 Å². The first-order chi connectivity index (χ1) is 33.4. The molecule has 2 aromatic heterocycles. The Morgan fingerprint density at radius 1 is 0.500 bits per heavy atom. The summed E-state index contributed by atoms with van der Waals surface area (Å²) in [6.07, 6.45) is 0. The Morgan fingerprint density at radius 3 is 1.44 bits per heavy atom. The van der Waals surface area contributed by atoms with E-state index in [0.717, 1.165) is 49.3 Å². The Bertz CT molecular complexity index is 3210. The molecule has 3 heterocycles. The van der Waals surface area contributed by atoms with Gasteiger partial charge in [0.15, 0.2) is 0 Å². The molecule has 70 heavy (non-hydrogen) atoms. The van der Waals surface area contributed by atoms with Gasteiger partial charge in [0, 0.05) is 26.0 Å². The predicted octanol–water partition coefficient (Wildman–Crippen LogP) is 13.6. The van der Waals surface area contributed by atoms with Crippen molar-refractivity contribution in [2.45, 2.75) is 66.6 Å². The highest BCUT2D eigenvalue weighted by Gasteiger charge is 2.52. The molecule has 6 aromatic carbocycles. The molecule has 0 spiro atoms. The third-order valence-electron chi connectivity index (χ3n) is 11.8. The van der Waals surface area contributed by atoms with Crippen molar-refractivity contribution in [1.82, 2.24) is 0 Å². The molecule has 1 fully saturated rings. The Morgan fingerprint density at radius 2 is 0.914 bits per heavy atom. The summed E-state index contributed by atoms with van der Waals surface area (Å²) in [4.78, 5) is 48.3. The summed E-state index contributed by atoms with van der Waals surface area (Å²) in [5, 5.41) is 4.21. The van der Waals surface area contributed by atoms with Crippen LogP contribution in [0.25, 0.3) is 55.0 Å². The zero-order valence-electron chi connectivity index (χ0n) is 39.8. The average Bonchev–Trinajstić information content (AvgIpc) is 3.98. The SMILES string of the molecule is CC1(C)OB(c2cccc3oc4ccccc4c23)OC1(C)C.CCOC(=O)c1cc(-c2cccc3oc4ccccc4c23)c(C(=O)OCC)cc1Cl.CCOC(=O)c1cc(Br)c(C(=O)OCC)cc1Cl. The average molecular weight is 1050 g/mol. The van der Waals surface area contributed by atoms with E-state index in [0.29, 0.717) is 15.6 Å². The summed E-state index contributed by atoms with van der Waals surface area (Å²) < 4.78 is 44.9. The van der Waals surface area contributed by atoms with Crippen LogP contribution in [0.5, 0.6) is 0 Å². The van der Waals surface area contributed by atoms with Crippen molar-refractivity contribution < 1.29 is 56.3 Å². The van der Waals surface area contributed by atoms with Crippen molar-refractivity contribution in [3.8, 4) is 11.1 Å². The topological polar surface area (TPSA) is 150 Å². The second-order valence-electron chi connectivity index (χ2n) is 16.8. The van der Waals surface area contributed by atoms with Gasteiger partial charge in [-0.05, 0) is 136 Å². The van der Waals surface area contributed by atoms with Gasteiger partial charge in [0.2, 0.25) is 0 Å². The molecule has 8 aromatic rings. The van der Waals surface area contributed by atoms with Gasteiger partial charge < -0.3 is 37.1 Å². The standard InChI is InChI=1S/C24H19ClO5.C18H19BO3.C12H12BrClO4/c1-3-28-23(26)17-13-19(25)18(24(27)29-4-2)12-16(17)14-9-7-11-21-22(14)15-8-5-6-10-20(15)30-21;1-17(2)18(3,4)22-19(21-17)13-9-7-11-15-16(13)12-8-5-6-10-14(12)20-15;1-3-17-11(15)7-6-10(14)8(5-9(7)13)12(16)18-4-2/h5-13H,3-4H2,1-2H3;5-11H,1-4H3;5-6H,3-4H2,1-2H3. The summed E-state index contributed by atoms with van der Waals surface area (Å²) in [5.41, 5.74) is 5.70. The second kappa shape index (κ2) is 21.9. The first-order valence-corrected chi connectivity index (χ1v) is 24.2. The quantitative estimate of drug-likeness (QED) is 0.0728. The lowest BCUT2D eigenvalue weighted by molar-refractivity contribution is 0.00578. The van der Waals surface area contributed by atoms with E-state index in [4.69, 9.17) is 60.3 Å². The molecular weight excluding hydrogens is 1000 g/mol. The molecule has 0 N–H and O–H groups in total. The number of carbonyl (C=O) groups excluding carboxylic acids is 4. The van der Waals surface area contributed by atoms with Crippen molar-refractivity contribution in [2.75, 3.05) is 26.4 Å². The van der Waals surface area contributed by atoms with Gasteiger partial charge in [-0.15, -0.1) is 0 Å². The van der Waals surface area contributed by atoms with Crippen LogP contribution in [0.15, 0.2) is 123 Å². The van der Waals surface area contributed by atoms with Crippen LogP contribution in [-0.4, -0.2) is 68.6 Å². The highest BCUT2D eigenvalue weighted by Crippen LogP contribution is 2.41. The fraction of sp³-hybridized carbons (Fsp3) is 0.259. The number of halogens is 3. The smallest absolute Gasteiger partial charge is 0.462 e. The number of fused-ring (bicyclic) bond motifs is 6. The molecule has 1 saturated heterocycles. The highest BCUT2D eigenvalue weighted by atomic mass is 79.9. The molecule has 0 bridgehead atoms. The summed E-state index contributed by atoms with van der Waals surface area (Å²) in [5.74, 6) is -2.10. The molecule has 12 nitrogen and oxygen atoms in total. The molecule has 9 rings (SSSR count). The van der Waals surface area contributed by atoms with E-state index in [2.05, 4.69) is 55.8 Å². The maximum atomic E-state index is 12.7. The van der Waals surface area contributed by atoms with E-state index in [9.17, 15) is 19.2 Å². The Kier molecular flexibility index (Phi) is 16.1. The molecule has 1 aliphatic rings. The Balaban J connectivity index is 0.000000161. The predicted molar refractivity (Wildman–Crippen MR) is 277 cm³/mol. The number of benzene rings is 6. The molecule has 16 heteroatoms. The summed E-state index contributed by atoms with van der Waals surface area (Å²) in [6.45, 7) is 16.1. The monoisotopic (exact) mass is 1050 g/mol. The number of hydrogen-bond donors (Lipinski definition) is 0. The number of furan rings is 2. The fourth-order valence-electron chi connectivity index (χ4n) is 7.78. The van der Waals surface area contributed by atoms with Gasteiger partial charge in [-0.1, -0.05) is 83.9 Å². The fourth-order valence-corrected chi connectivity index (χ4v) is 8.77. The largest absolute Gasteiger partial charge is 0.495 e. The van der Waals surface area contributed by atoms with Gasteiger partial charge in [0.1, 0.15) is 22.3 Å². The van der Waals surface area contributed by atoms with Gasteiger partial charge in [-0.2, -0.15) is 0 Å². The minimum Gasteiger partial charge on any atom is -0.462 e. The molecule has 0 amide bonds. The van der Waals surface area contributed by atoms with Crippen molar-refractivity contribution in [2.24, 2.45) is 0 Å². The van der Waals surface area contributed by atoms with E-state index >= 15 is 0 Å². The van der Waals surface area contributed by atoms with Crippen LogP contribution in [0.2, 0.25) is 10.0 Å². The van der Waals surface area contributed by atoms with Crippen molar-refractivity contribution in [1.29, 1.82) is 0 Å². The summed E-state index contributed by atoms with van der Waals surface area (Å²) in [7, 11) is -0.380. The maximum Gasteiger partial charge on any atom is 0.495 e. The zero-order valence-corrected chi connectivity index (χ0v) is 42.9. The van der Waals surface area contributed by atoms with E-state index in [1.54, 1.807) is 33.8 Å². The van der Waals surface area contributed by atoms with Crippen molar-refractivity contribution in [3.63, 3.8) is 0 Å². The van der Waals surface area contributed by atoms with Crippen LogP contribution in [0, 0.1) is 0 Å². The Labute approximate surface area is 423 Å². The lowest BCUT2D eigenvalue weighted by Crippen LogP contribution is -2.41. The number of rotatable bonds is 10.